The maximum absolute atomic E-state index is 13.7. The first-order chi connectivity index (χ1) is 18.8. The summed E-state index contributed by atoms with van der Waals surface area (Å²) in [5, 5.41) is 1.62. The summed E-state index contributed by atoms with van der Waals surface area (Å²) in [4.78, 5) is 4.35. The molecule has 3 aromatic rings. The zero-order valence-electron chi connectivity index (χ0n) is 21.9. The predicted octanol–water partition coefficient (Wildman–Crippen LogP) is 4.57. The fourth-order valence-corrected chi connectivity index (χ4v) is 10.8. The van der Waals surface area contributed by atoms with Gasteiger partial charge in [0.2, 0.25) is 20.0 Å². The van der Waals surface area contributed by atoms with E-state index in [0.29, 0.717) is 37.1 Å². The van der Waals surface area contributed by atoms with Crippen molar-refractivity contribution in [3.8, 4) is 5.75 Å². The maximum atomic E-state index is 13.7. The quantitative estimate of drug-likeness (QED) is 0.375. The summed E-state index contributed by atoms with van der Waals surface area (Å²) in [6.45, 7) is 0.470. The molecule has 0 radical (unpaired) electrons. The summed E-state index contributed by atoms with van der Waals surface area (Å²) in [5.41, 5.74) is 0. The van der Waals surface area contributed by atoms with Gasteiger partial charge >= 0.3 is 0 Å². The van der Waals surface area contributed by atoms with Crippen molar-refractivity contribution in [2.45, 2.75) is 80.5 Å². The van der Waals surface area contributed by atoms with E-state index in [2.05, 4.69) is 4.98 Å². The Labute approximate surface area is 231 Å². The second-order valence-corrected chi connectivity index (χ2v) is 14.8. The molecule has 1 aromatic heterocycles. The molecule has 0 saturated carbocycles. The number of rotatable bonds is 9. The predicted molar refractivity (Wildman–Crippen MR) is 150 cm³/mol. The van der Waals surface area contributed by atoms with Gasteiger partial charge in [-0.25, -0.2) is 16.8 Å². The lowest BCUT2D eigenvalue weighted by Crippen LogP contribution is -2.50. The molecule has 0 spiro atoms. The van der Waals surface area contributed by atoms with E-state index < -0.39 is 20.0 Å². The highest BCUT2D eigenvalue weighted by Gasteiger charge is 2.47. The van der Waals surface area contributed by atoms with Gasteiger partial charge in [-0.2, -0.15) is 8.61 Å². The van der Waals surface area contributed by atoms with Crippen molar-refractivity contribution in [2.75, 3.05) is 12.3 Å². The molecule has 4 heterocycles. The lowest BCUT2D eigenvalue weighted by molar-refractivity contribution is 0.0956. The summed E-state index contributed by atoms with van der Waals surface area (Å²) in [6.07, 6.45) is 9.04. The minimum Gasteiger partial charge on any atom is -0.490 e. The molecule has 0 aliphatic carbocycles. The Morgan fingerprint density at radius 1 is 0.872 bits per heavy atom. The highest BCUT2D eigenvalue weighted by atomic mass is 32.2. The van der Waals surface area contributed by atoms with Gasteiger partial charge in [0.15, 0.2) is 0 Å². The Balaban J connectivity index is 1.09. The van der Waals surface area contributed by atoms with Crippen molar-refractivity contribution in [2.24, 2.45) is 0 Å². The third-order valence-corrected chi connectivity index (χ3v) is 12.5. The van der Waals surface area contributed by atoms with Crippen LogP contribution >= 0.6 is 0 Å². The Morgan fingerprint density at radius 2 is 1.59 bits per heavy atom. The second-order valence-electron chi connectivity index (χ2n) is 11.0. The zero-order valence-corrected chi connectivity index (χ0v) is 23.6. The van der Waals surface area contributed by atoms with Crippen LogP contribution in [0.15, 0.2) is 71.9 Å². The highest BCUT2D eigenvalue weighted by molar-refractivity contribution is 7.89. The number of benzene rings is 2. The van der Waals surface area contributed by atoms with E-state index in [0.717, 1.165) is 42.2 Å². The van der Waals surface area contributed by atoms with Crippen LogP contribution in [0.5, 0.6) is 5.75 Å². The van der Waals surface area contributed by atoms with E-state index in [1.165, 1.54) is 0 Å². The van der Waals surface area contributed by atoms with Gasteiger partial charge in [0.1, 0.15) is 11.9 Å². The van der Waals surface area contributed by atoms with E-state index >= 15 is 0 Å². The largest absolute Gasteiger partial charge is 0.490 e. The molecule has 8 nitrogen and oxygen atoms in total. The lowest BCUT2D eigenvalue weighted by atomic mass is 10.0. The van der Waals surface area contributed by atoms with Gasteiger partial charge in [-0.1, -0.05) is 36.4 Å². The van der Waals surface area contributed by atoms with Gasteiger partial charge in [0.25, 0.3) is 0 Å². The van der Waals surface area contributed by atoms with Crippen LogP contribution in [0.4, 0.5) is 0 Å². The first-order valence-corrected chi connectivity index (χ1v) is 17.0. The molecule has 0 N–H and O–H groups in total. The average Bonchev–Trinajstić information content (AvgIpc) is 3.52. The fourth-order valence-electron chi connectivity index (χ4n) is 6.81. The zero-order chi connectivity index (χ0) is 27.0. The van der Waals surface area contributed by atoms with Crippen molar-refractivity contribution < 1.29 is 21.6 Å². The summed E-state index contributed by atoms with van der Waals surface area (Å²) in [6, 6.07) is 16.3. The van der Waals surface area contributed by atoms with Gasteiger partial charge in [-0.15, -0.1) is 0 Å². The molecule has 39 heavy (non-hydrogen) atoms. The topological polar surface area (TPSA) is 96.9 Å². The minimum absolute atomic E-state index is 0.00247. The molecule has 3 aliphatic heterocycles. The van der Waals surface area contributed by atoms with E-state index in [9.17, 15) is 16.8 Å². The first kappa shape index (κ1) is 26.7. The molecule has 2 bridgehead atoms. The smallest absolute Gasteiger partial charge is 0.243 e. The lowest BCUT2D eigenvalue weighted by Gasteiger charge is -2.38. The van der Waals surface area contributed by atoms with Crippen LogP contribution in [0.3, 0.4) is 0 Å². The number of ether oxygens (including phenoxy) is 1. The Bertz CT molecular complexity index is 1510. The van der Waals surface area contributed by atoms with Crippen molar-refractivity contribution in [3.05, 3.63) is 67.0 Å². The molecule has 3 fully saturated rings. The van der Waals surface area contributed by atoms with Crippen LogP contribution in [-0.2, 0) is 20.0 Å². The molecule has 10 heteroatoms. The van der Waals surface area contributed by atoms with Crippen molar-refractivity contribution >= 4 is 30.8 Å². The molecule has 3 aliphatic rings. The maximum Gasteiger partial charge on any atom is 0.243 e. The Hall–Kier alpha value is -2.53. The van der Waals surface area contributed by atoms with Gasteiger partial charge < -0.3 is 4.74 Å². The molecule has 6 rings (SSSR count). The van der Waals surface area contributed by atoms with Gasteiger partial charge in [0.05, 0.1) is 10.6 Å². The Morgan fingerprint density at radius 3 is 2.36 bits per heavy atom. The van der Waals surface area contributed by atoms with Crippen molar-refractivity contribution in [3.63, 3.8) is 0 Å². The number of hydrogen-bond donors (Lipinski definition) is 0. The monoisotopic (exact) mass is 569 g/mol. The van der Waals surface area contributed by atoms with Crippen LogP contribution in [-0.4, -0.2) is 67.0 Å². The number of pyridine rings is 1. The number of nitrogens with zero attached hydrogens (tertiary/aromatic N) is 3. The summed E-state index contributed by atoms with van der Waals surface area (Å²) in [7, 11) is -7.13. The summed E-state index contributed by atoms with van der Waals surface area (Å²) in [5.74, 6) is 0.819. The number of sulfonamides is 2. The molecule has 2 aromatic carbocycles. The van der Waals surface area contributed by atoms with Crippen LogP contribution in [0.2, 0.25) is 0 Å². The molecular formula is C29H35N3O5S2. The Kier molecular flexibility index (Phi) is 7.39. The number of piperidine rings is 1. The van der Waals surface area contributed by atoms with Crippen LogP contribution in [0, 0.1) is 0 Å². The van der Waals surface area contributed by atoms with Gasteiger partial charge in [-0.3, -0.25) is 4.98 Å². The minimum atomic E-state index is -3.68. The van der Waals surface area contributed by atoms with E-state index in [4.69, 9.17) is 4.74 Å². The average molecular weight is 570 g/mol. The van der Waals surface area contributed by atoms with Crippen molar-refractivity contribution in [1.29, 1.82) is 0 Å². The molecule has 0 amide bonds. The highest BCUT2D eigenvalue weighted by Crippen LogP contribution is 2.40. The summed E-state index contributed by atoms with van der Waals surface area (Å²) >= 11 is 0. The first-order valence-electron chi connectivity index (χ1n) is 13.9. The molecule has 4 atom stereocenters. The third kappa shape index (κ3) is 5.31. The summed E-state index contributed by atoms with van der Waals surface area (Å²) < 4.78 is 63.8. The van der Waals surface area contributed by atoms with Crippen LogP contribution in [0.1, 0.15) is 51.4 Å². The number of aromatic nitrogens is 1. The van der Waals surface area contributed by atoms with Gasteiger partial charge in [-0.05, 0) is 62.1 Å². The van der Waals surface area contributed by atoms with Crippen LogP contribution in [0.25, 0.3) is 10.8 Å². The standard InChI is InChI=1S/C29H35N3O5S2/c33-38(34,32-24-12-13-25(32)21-27(20-24)37-26-14-16-30-17-15-26)19-5-9-23-8-4-18-31(23)39(35,36)29-11-3-7-22-6-1-2-10-28(22)29/h1-3,6-7,10-11,14-17,23-25,27H,4-5,8-9,12-13,18-21H2/t23-,24-,25+,27-/m0/s1. The second kappa shape index (κ2) is 10.8. The normalized spacial score (nSPS) is 26.3. The molecule has 3 saturated heterocycles. The number of hydrogen-bond acceptors (Lipinski definition) is 6. The molecule has 208 valence electrons. The van der Waals surface area contributed by atoms with Crippen LogP contribution < -0.4 is 4.74 Å². The van der Waals surface area contributed by atoms with Gasteiger partial charge in [0, 0.05) is 55.3 Å². The molecule has 0 unspecified atom stereocenters. The van der Waals surface area contributed by atoms with E-state index in [-0.39, 0.29) is 30.0 Å². The van der Waals surface area contributed by atoms with E-state index in [1.807, 2.05) is 42.5 Å². The molecular weight excluding hydrogens is 534 g/mol. The third-order valence-electron chi connectivity index (χ3n) is 8.50. The van der Waals surface area contributed by atoms with E-state index in [1.54, 1.807) is 33.1 Å². The fraction of sp³-hybridized carbons (Fsp3) is 0.483. The number of fused-ring (bicyclic) bond motifs is 3. The SMILES string of the molecule is O=S(=O)(CCC[C@@H]1CCCN1S(=O)(=O)c1cccc2ccccc12)N1[C@@H]2CC[C@H]1C[C@H](Oc1ccncc1)C2. The van der Waals surface area contributed by atoms with Crippen molar-refractivity contribution in [1.82, 2.24) is 13.6 Å².